The summed E-state index contributed by atoms with van der Waals surface area (Å²) in [7, 11) is 0. The van der Waals surface area contributed by atoms with Gasteiger partial charge in [0.25, 0.3) is 6.04 Å². The van der Waals surface area contributed by atoms with E-state index in [1.54, 1.807) is 18.3 Å². The third kappa shape index (κ3) is 9.29. The van der Waals surface area contributed by atoms with E-state index in [1.165, 1.54) is 112 Å². The van der Waals surface area contributed by atoms with Gasteiger partial charge in [-0.15, -0.1) is 56.7 Å². The van der Waals surface area contributed by atoms with Crippen molar-refractivity contribution in [3.05, 3.63) is 81.3 Å². The zero-order chi connectivity index (χ0) is 32.3. The van der Waals surface area contributed by atoms with Crippen LogP contribution in [0.1, 0.15) is 87.5 Å². The van der Waals surface area contributed by atoms with E-state index in [0.717, 1.165) is 12.8 Å². The Morgan fingerprint density at radius 2 is 1.17 bits per heavy atom. The largest absolute Gasteiger partial charge is 0.349 e. The molecule has 0 aromatic carbocycles. The second-order valence-electron chi connectivity index (χ2n) is 11.8. The number of rotatable bonds is 18. The molecule has 0 fully saturated rings. The number of carbonyl (C=O) groups excluding carboxylic acids is 1. The number of nitrogens with zero attached hydrogens (tertiary/aromatic N) is 1. The summed E-state index contributed by atoms with van der Waals surface area (Å²) in [6.07, 6.45) is 13.6. The minimum Gasteiger partial charge on any atom is -0.349 e. The van der Waals surface area contributed by atoms with E-state index in [9.17, 15) is 4.79 Å². The van der Waals surface area contributed by atoms with Crippen LogP contribution in [0.15, 0.2) is 54.6 Å². The first-order valence-corrected chi connectivity index (χ1v) is 20.7. The molecule has 5 aromatic heterocycles. The number of thiophene rings is 5. The molecule has 0 aliphatic rings. The van der Waals surface area contributed by atoms with Gasteiger partial charge in [-0.25, -0.2) is 6.57 Å². The summed E-state index contributed by atoms with van der Waals surface area (Å²) < 4.78 is 0. The van der Waals surface area contributed by atoms with Gasteiger partial charge in [-0.1, -0.05) is 52.4 Å². The van der Waals surface area contributed by atoms with Crippen LogP contribution in [0.3, 0.4) is 0 Å². The molecule has 0 spiro atoms. The second kappa shape index (κ2) is 17.6. The molecule has 1 amide bonds. The Morgan fingerprint density at radius 1 is 0.652 bits per heavy atom. The van der Waals surface area contributed by atoms with Crippen LogP contribution in [0.5, 0.6) is 0 Å². The lowest BCUT2D eigenvalue weighted by atomic mass is 10.1. The Bertz CT molecular complexity index is 1720. The van der Waals surface area contributed by atoms with Crippen LogP contribution < -0.4 is 5.32 Å². The molecule has 5 heterocycles. The third-order valence-electron chi connectivity index (χ3n) is 8.12. The summed E-state index contributed by atoms with van der Waals surface area (Å²) >= 11 is 9.54. The highest BCUT2D eigenvalue weighted by atomic mass is 32.1. The fourth-order valence-corrected chi connectivity index (χ4v) is 11.1. The molecule has 0 aliphatic heterocycles. The van der Waals surface area contributed by atoms with Gasteiger partial charge in [0.2, 0.25) is 0 Å². The van der Waals surface area contributed by atoms with Gasteiger partial charge in [0.15, 0.2) is 0 Å². The van der Waals surface area contributed by atoms with Gasteiger partial charge >= 0.3 is 5.91 Å². The van der Waals surface area contributed by atoms with Crippen molar-refractivity contribution in [1.29, 1.82) is 0 Å². The van der Waals surface area contributed by atoms with Crippen LogP contribution in [-0.2, 0) is 24.1 Å². The average molecular weight is 705 g/mol. The smallest absolute Gasteiger partial charge is 0.302 e. The number of hydrogen-bond acceptors (Lipinski definition) is 6. The Labute approximate surface area is 295 Å². The minimum absolute atomic E-state index is 0.194. The first kappa shape index (κ1) is 34.8. The molecule has 8 heteroatoms. The predicted octanol–water partition coefficient (Wildman–Crippen LogP) is 12.9. The maximum absolute atomic E-state index is 11.9. The molecule has 5 rings (SSSR count). The fraction of sp³-hybridized carbons (Fsp3) is 0.421. The first-order chi connectivity index (χ1) is 22.5. The van der Waals surface area contributed by atoms with E-state index in [1.807, 2.05) is 45.3 Å². The summed E-state index contributed by atoms with van der Waals surface area (Å²) in [6.45, 7) is 13.8. The highest BCUT2D eigenvalue weighted by Gasteiger charge is 2.18. The van der Waals surface area contributed by atoms with E-state index >= 15 is 0 Å². The fourth-order valence-electron chi connectivity index (χ4n) is 5.41. The van der Waals surface area contributed by atoms with E-state index in [4.69, 9.17) is 6.57 Å². The van der Waals surface area contributed by atoms with Gasteiger partial charge in [-0.05, 0) is 92.3 Å². The van der Waals surface area contributed by atoms with Crippen molar-refractivity contribution in [2.75, 3.05) is 6.54 Å². The van der Waals surface area contributed by atoms with Crippen molar-refractivity contribution in [1.82, 2.24) is 5.32 Å². The van der Waals surface area contributed by atoms with Crippen LogP contribution in [-0.4, -0.2) is 18.5 Å². The molecule has 1 N–H and O–H groups in total. The van der Waals surface area contributed by atoms with Crippen LogP contribution in [0.2, 0.25) is 0 Å². The maximum atomic E-state index is 11.9. The molecule has 0 bridgehead atoms. The molecule has 1 atom stereocenters. The van der Waals surface area contributed by atoms with Gasteiger partial charge in [0.05, 0.1) is 0 Å². The highest BCUT2D eigenvalue weighted by molar-refractivity contribution is 7.29. The lowest BCUT2D eigenvalue weighted by Gasteiger charge is -2.02. The molecule has 0 unspecified atom stereocenters. The van der Waals surface area contributed by atoms with E-state index in [2.05, 4.69) is 78.6 Å². The van der Waals surface area contributed by atoms with Crippen LogP contribution in [0.4, 0.5) is 0 Å². The zero-order valence-electron chi connectivity index (χ0n) is 27.2. The van der Waals surface area contributed by atoms with E-state index < -0.39 is 6.04 Å². The Hall–Kier alpha value is -2.54. The molecule has 0 radical (unpaired) electrons. The van der Waals surface area contributed by atoms with E-state index in [-0.39, 0.29) is 5.91 Å². The Morgan fingerprint density at radius 3 is 1.80 bits per heavy atom. The number of hydrogen-bond donors (Lipinski definition) is 1. The number of unbranched alkanes of at least 4 members (excludes halogenated alkanes) is 6. The highest BCUT2D eigenvalue weighted by Crippen LogP contribution is 2.46. The zero-order valence-corrected chi connectivity index (χ0v) is 31.2. The lowest BCUT2D eigenvalue weighted by molar-refractivity contribution is -0.121. The van der Waals surface area contributed by atoms with Crippen LogP contribution in [0.25, 0.3) is 43.9 Å². The molecule has 0 saturated heterocycles. The van der Waals surface area contributed by atoms with Crippen molar-refractivity contribution >= 4 is 62.6 Å². The third-order valence-corrected chi connectivity index (χ3v) is 14.5. The topological polar surface area (TPSA) is 33.5 Å². The molecule has 46 heavy (non-hydrogen) atoms. The number of carbonyl (C=O) groups is 1. The summed E-state index contributed by atoms with van der Waals surface area (Å²) in [5.41, 5.74) is 1.53. The lowest BCUT2D eigenvalue weighted by Crippen LogP contribution is -2.32. The van der Waals surface area contributed by atoms with E-state index in [0.29, 0.717) is 6.54 Å². The quantitative estimate of drug-likeness (QED) is 0.0715. The SMILES string of the molecule is [C-]#[N+][C@H](C)C(=O)NCCc1ccc(-c2ccc(-c3ccc(-c4cc(CCCCCC)c(-c5ccc(CCCCCC)s5)s4)s3)s2)s1. The average Bonchev–Trinajstić information content (AvgIpc) is 3.90. The van der Waals surface area contributed by atoms with Gasteiger partial charge in [-0.3, -0.25) is 4.79 Å². The summed E-state index contributed by atoms with van der Waals surface area (Å²) in [6, 6.07) is 20.1. The van der Waals surface area contributed by atoms with Crippen molar-refractivity contribution in [2.45, 2.75) is 97.4 Å². The monoisotopic (exact) mass is 704 g/mol. The van der Waals surface area contributed by atoms with Crippen LogP contribution in [0, 0.1) is 6.57 Å². The van der Waals surface area contributed by atoms with Gasteiger partial charge in [0, 0.05) is 62.2 Å². The van der Waals surface area contributed by atoms with Crippen molar-refractivity contribution in [2.24, 2.45) is 0 Å². The Balaban J connectivity index is 1.27. The maximum Gasteiger partial charge on any atom is 0.302 e. The minimum atomic E-state index is -0.625. The second-order valence-corrected chi connectivity index (χ2v) is 17.3. The molecule has 3 nitrogen and oxygen atoms in total. The molecule has 0 saturated carbocycles. The van der Waals surface area contributed by atoms with Gasteiger partial charge < -0.3 is 10.2 Å². The summed E-state index contributed by atoms with van der Waals surface area (Å²) in [5, 5.41) is 2.87. The molecular weight excluding hydrogens is 661 g/mol. The predicted molar refractivity (Wildman–Crippen MR) is 206 cm³/mol. The normalized spacial score (nSPS) is 12.0. The van der Waals surface area contributed by atoms with Crippen molar-refractivity contribution < 1.29 is 4.79 Å². The molecule has 242 valence electrons. The number of amides is 1. The van der Waals surface area contributed by atoms with Gasteiger partial charge in [-0.2, -0.15) is 0 Å². The van der Waals surface area contributed by atoms with Gasteiger partial charge in [0.1, 0.15) is 0 Å². The standard InChI is InChI=1S/C38H44N2OS5/c1-5-7-9-11-13-27-25-36(46-37(27)35-18-16-28(43-35)14-12-10-8-6-2)34-22-21-33(45-34)32-20-19-31(44-32)30-17-15-29(42-30)23-24-40-38(41)26(3)39-4/h15-22,25-26H,5-14,23-24H2,1-3H3,(H,40,41)/t26-/m1/s1. The van der Waals surface area contributed by atoms with Crippen molar-refractivity contribution in [3.8, 4) is 39.0 Å². The van der Waals surface area contributed by atoms with Crippen LogP contribution >= 0.6 is 56.7 Å². The molecule has 0 aliphatic carbocycles. The number of nitrogens with one attached hydrogen (secondary N) is 1. The summed E-state index contributed by atoms with van der Waals surface area (Å²) in [4.78, 5) is 28.8. The van der Waals surface area contributed by atoms with Crippen molar-refractivity contribution in [3.63, 3.8) is 0 Å². The summed E-state index contributed by atoms with van der Waals surface area (Å²) in [5.74, 6) is -0.194. The number of aryl methyl sites for hydroxylation is 2. The Kier molecular flexibility index (Phi) is 13.3. The molecular formula is C38H44N2OS5. The first-order valence-electron chi connectivity index (χ1n) is 16.6. The molecule has 5 aromatic rings.